The number of rotatable bonds is 5. The van der Waals surface area contributed by atoms with Crippen LogP contribution in [-0.4, -0.2) is 27.9 Å². The predicted molar refractivity (Wildman–Crippen MR) is 92.0 cm³/mol. The van der Waals surface area contributed by atoms with Crippen LogP contribution in [0.4, 0.5) is 11.5 Å². The number of aromatic nitrogens is 2. The second kappa shape index (κ2) is 7.11. The molecule has 1 aliphatic heterocycles. The Labute approximate surface area is 131 Å². The Morgan fingerprint density at radius 2 is 2.27 bits per heavy atom. The standard InChI is InChI=1S/C17H24N4O/c1-5-8-12-10-18-17-15(19-12)9-14(20-21-17)13(7-3)16(22)11(4)6-2/h6-7,9,12,19,22H,3,5,8,10H2,1-2,4H3,(H,18,21)/b11-6-,16-13-. The van der Waals surface area contributed by atoms with Gasteiger partial charge in [0.1, 0.15) is 5.76 Å². The minimum atomic E-state index is 0.181. The van der Waals surface area contributed by atoms with E-state index in [4.69, 9.17) is 0 Å². The maximum Gasteiger partial charge on any atom is 0.172 e. The van der Waals surface area contributed by atoms with Crippen molar-refractivity contribution in [3.05, 3.63) is 41.8 Å². The molecule has 0 saturated heterocycles. The first kappa shape index (κ1) is 16.1. The van der Waals surface area contributed by atoms with Crippen molar-refractivity contribution in [1.82, 2.24) is 10.2 Å². The molecule has 0 fully saturated rings. The van der Waals surface area contributed by atoms with Gasteiger partial charge in [0.15, 0.2) is 5.82 Å². The van der Waals surface area contributed by atoms with Gasteiger partial charge in [0.25, 0.3) is 0 Å². The molecule has 2 rings (SSSR count). The molecule has 1 aromatic heterocycles. The van der Waals surface area contributed by atoms with Crippen molar-refractivity contribution in [2.45, 2.75) is 39.7 Å². The number of anilines is 2. The first-order chi connectivity index (χ1) is 10.6. The summed E-state index contributed by atoms with van der Waals surface area (Å²) in [5.41, 5.74) is 2.90. The van der Waals surface area contributed by atoms with Crippen molar-refractivity contribution in [3.63, 3.8) is 0 Å². The number of aliphatic hydroxyl groups excluding tert-OH is 1. The summed E-state index contributed by atoms with van der Waals surface area (Å²) in [6.07, 6.45) is 5.68. The van der Waals surface area contributed by atoms with Gasteiger partial charge < -0.3 is 15.7 Å². The van der Waals surface area contributed by atoms with Crippen LogP contribution in [0.5, 0.6) is 0 Å². The van der Waals surface area contributed by atoms with Gasteiger partial charge in [-0.3, -0.25) is 0 Å². The lowest BCUT2D eigenvalue weighted by Crippen LogP contribution is -2.33. The van der Waals surface area contributed by atoms with E-state index in [1.807, 2.05) is 26.0 Å². The van der Waals surface area contributed by atoms with Crippen LogP contribution in [0, 0.1) is 0 Å². The minimum absolute atomic E-state index is 0.181. The van der Waals surface area contributed by atoms with E-state index < -0.39 is 0 Å². The summed E-state index contributed by atoms with van der Waals surface area (Å²) in [6, 6.07) is 2.30. The Bertz CT molecular complexity index is 619. The van der Waals surface area contributed by atoms with Crippen LogP contribution in [0.15, 0.2) is 36.1 Å². The molecule has 1 aliphatic rings. The smallest absolute Gasteiger partial charge is 0.172 e. The maximum atomic E-state index is 10.3. The van der Waals surface area contributed by atoms with E-state index in [1.54, 1.807) is 6.08 Å². The molecule has 5 heteroatoms. The zero-order valence-corrected chi connectivity index (χ0v) is 13.5. The average Bonchev–Trinajstić information content (AvgIpc) is 2.54. The lowest BCUT2D eigenvalue weighted by atomic mass is 10.0. The van der Waals surface area contributed by atoms with Crippen molar-refractivity contribution in [2.24, 2.45) is 0 Å². The third kappa shape index (κ3) is 3.30. The van der Waals surface area contributed by atoms with Gasteiger partial charge in [0, 0.05) is 18.2 Å². The van der Waals surface area contributed by atoms with Gasteiger partial charge >= 0.3 is 0 Å². The maximum absolute atomic E-state index is 10.3. The molecule has 1 unspecified atom stereocenters. The molecule has 0 amide bonds. The molecular formula is C17H24N4O. The number of nitrogens with one attached hydrogen (secondary N) is 2. The Morgan fingerprint density at radius 3 is 2.91 bits per heavy atom. The van der Waals surface area contributed by atoms with Crippen molar-refractivity contribution >= 4 is 17.1 Å². The van der Waals surface area contributed by atoms with Gasteiger partial charge in [0.05, 0.1) is 11.4 Å². The van der Waals surface area contributed by atoms with Crippen LogP contribution < -0.4 is 10.6 Å². The second-order valence-corrected chi connectivity index (χ2v) is 5.44. The largest absolute Gasteiger partial charge is 0.507 e. The molecule has 0 aromatic carbocycles. The summed E-state index contributed by atoms with van der Waals surface area (Å²) in [5.74, 6) is 0.933. The Morgan fingerprint density at radius 1 is 1.50 bits per heavy atom. The van der Waals surface area contributed by atoms with Crippen LogP contribution in [0.3, 0.4) is 0 Å². The number of hydrogen-bond acceptors (Lipinski definition) is 5. The van der Waals surface area contributed by atoms with Crippen molar-refractivity contribution in [2.75, 3.05) is 17.2 Å². The van der Waals surface area contributed by atoms with E-state index >= 15 is 0 Å². The molecule has 0 bridgehead atoms. The molecule has 0 radical (unpaired) electrons. The zero-order valence-electron chi connectivity index (χ0n) is 13.5. The second-order valence-electron chi connectivity index (χ2n) is 5.44. The first-order valence-corrected chi connectivity index (χ1v) is 7.68. The summed E-state index contributed by atoms with van der Waals surface area (Å²) in [6.45, 7) is 10.5. The van der Waals surface area contributed by atoms with Gasteiger partial charge in [-0.15, -0.1) is 10.2 Å². The lowest BCUT2D eigenvalue weighted by Gasteiger charge is -2.27. The van der Waals surface area contributed by atoms with Gasteiger partial charge in [0.2, 0.25) is 0 Å². The quantitative estimate of drug-likeness (QED) is 0.568. The molecule has 0 spiro atoms. The van der Waals surface area contributed by atoms with Gasteiger partial charge in [-0.1, -0.05) is 32.1 Å². The fourth-order valence-electron chi connectivity index (χ4n) is 2.45. The summed E-state index contributed by atoms with van der Waals surface area (Å²) in [5, 5.41) is 25.5. The highest BCUT2D eigenvalue weighted by Gasteiger charge is 2.19. The predicted octanol–water partition coefficient (Wildman–Crippen LogP) is 3.90. The van der Waals surface area contributed by atoms with E-state index in [2.05, 4.69) is 34.3 Å². The van der Waals surface area contributed by atoms with E-state index in [9.17, 15) is 5.11 Å². The lowest BCUT2D eigenvalue weighted by molar-refractivity contribution is 0.426. The molecule has 3 N–H and O–H groups in total. The summed E-state index contributed by atoms with van der Waals surface area (Å²) >= 11 is 0. The molecular weight excluding hydrogens is 276 g/mol. The molecule has 2 heterocycles. The van der Waals surface area contributed by atoms with E-state index in [0.29, 0.717) is 17.3 Å². The summed E-state index contributed by atoms with van der Waals surface area (Å²) in [7, 11) is 0. The van der Waals surface area contributed by atoms with Gasteiger partial charge in [-0.05, 0) is 31.9 Å². The molecule has 5 nitrogen and oxygen atoms in total. The van der Waals surface area contributed by atoms with E-state index in [1.165, 1.54) is 0 Å². The molecule has 22 heavy (non-hydrogen) atoms. The number of nitrogens with zero attached hydrogens (tertiary/aromatic N) is 2. The highest BCUT2D eigenvalue weighted by molar-refractivity contribution is 5.79. The highest BCUT2D eigenvalue weighted by Crippen LogP contribution is 2.29. The van der Waals surface area contributed by atoms with E-state index in [-0.39, 0.29) is 5.76 Å². The third-order valence-corrected chi connectivity index (χ3v) is 3.85. The van der Waals surface area contributed by atoms with Crippen molar-refractivity contribution in [3.8, 4) is 0 Å². The minimum Gasteiger partial charge on any atom is -0.507 e. The molecule has 1 aromatic rings. The number of hydrogen-bond donors (Lipinski definition) is 3. The first-order valence-electron chi connectivity index (χ1n) is 7.68. The Balaban J connectivity index is 2.38. The highest BCUT2D eigenvalue weighted by atomic mass is 16.3. The van der Waals surface area contributed by atoms with Crippen LogP contribution in [0.2, 0.25) is 0 Å². The summed E-state index contributed by atoms with van der Waals surface area (Å²) < 4.78 is 0. The SMILES string of the molecule is C=C/C(=C(O)\C(C)=C/C)c1cc2c(nn1)NCC(CCC)N2. The zero-order chi connectivity index (χ0) is 16.1. The average molecular weight is 300 g/mol. The monoisotopic (exact) mass is 300 g/mol. The van der Waals surface area contributed by atoms with Gasteiger partial charge in [-0.2, -0.15) is 0 Å². The van der Waals surface area contributed by atoms with Crippen LogP contribution >= 0.6 is 0 Å². The molecule has 1 atom stereocenters. The topological polar surface area (TPSA) is 70.1 Å². The number of allylic oxidation sites excluding steroid dienone is 4. The fraction of sp³-hybridized carbons (Fsp3) is 0.412. The number of fused-ring (bicyclic) bond motifs is 1. The van der Waals surface area contributed by atoms with Gasteiger partial charge in [-0.25, -0.2) is 0 Å². The van der Waals surface area contributed by atoms with E-state index in [0.717, 1.165) is 36.5 Å². The van der Waals surface area contributed by atoms with Crippen LogP contribution in [0.1, 0.15) is 39.3 Å². The fourth-order valence-corrected chi connectivity index (χ4v) is 2.45. The Hall–Kier alpha value is -2.30. The van der Waals surface area contributed by atoms with Crippen LogP contribution in [0.25, 0.3) is 5.57 Å². The number of aliphatic hydroxyl groups is 1. The van der Waals surface area contributed by atoms with Crippen molar-refractivity contribution < 1.29 is 5.11 Å². The van der Waals surface area contributed by atoms with Crippen LogP contribution in [-0.2, 0) is 0 Å². The summed E-state index contributed by atoms with van der Waals surface area (Å²) in [4.78, 5) is 0. The Kier molecular flexibility index (Phi) is 5.20. The molecule has 0 aliphatic carbocycles. The molecule has 0 saturated carbocycles. The van der Waals surface area contributed by atoms with Crippen molar-refractivity contribution in [1.29, 1.82) is 0 Å². The third-order valence-electron chi connectivity index (χ3n) is 3.85. The normalized spacial score (nSPS) is 18.7. The molecule has 118 valence electrons.